The van der Waals surface area contributed by atoms with E-state index in [0.717, 1.165) is 11.6 Å². The number of hydrazone groups is 1. The first-order valence-corrected chi connectivity index (χ1v) is 13.6. The zero-order valence-corrected chi connectivity index (χ0v) is 22.3. The maximum absolute atomic E-state index is 13.3. The molecule has 0 unspecified atom stereocenters. The lowest BCUT2D eigenvalue weighted by molar-refractivity contribution is -0.385. The van der Waals surface area contributed by atoms with Crippen LogP contribution in [0, 0.1) is 17.0 Å². The molecule has 4 rings (SSSR count). The van der Waals surface area contributed by atoms with Crippen LogP contribution in [0.5, 0.6) is 5.88 Å². The van der Waals surface area contributed by atoms with E-state index in [1.54, 1.807) is 50.2 Å². The number of aryl methyl sites for hydroxylation is 1. The molecule has 0 fully saturated rings. The highest BCUT2D eigenvalue weighted by Gasteiger charge is 2.27. The Labute approximate surface area is 224 Å². The predicted octanol–water partition coefficient (Wildman–Crippen LogP) is 4.39. The van der Waals surface area contributed by atoms with Gasteiger partial charge in [0.25, 0.3) is 11.2 Å². The highest BCUT2D eigenvalue weighted by Crippen LogP contribution is 2.30. The van der Waals surface area contributed by atoms with Crippen LogP contribution in [0.4, 0.5) is 11.4 Å². The van der Waals surface area contributed by atoms with E-state index in [-0.39, 0.29) is 40.8 Å². The molecule has 0 aliphatic heterocycles. The van der Waals surface area contributed by atoms with Gasteiger partial charge in [-0.3, -0.25) is 20.3 Å². The second-order valence-electron chi connectivity index (χ2n) is 8.66. The largest absolute Gasteiger partial charge is 0.494 e. The minimum Gasteiger partial charge on any atom is -0.494 e. The summed E-state index contributed by atoms with van der Waals surface area (Å²) in [5.41, 5.74) is 3.52. The molecular formula is C27H27N5O6S. The fourth-order valence-corrected chi connectivity index (χ4v) is 5.84. The van der Waals surface area contributed by atoms with Crippen molar-refractivity contribution >= 4 is 38.4 Å². The number of hydrogen-bond acceptors (Lipinski definition) is 8. The van der Waals surface area contributed by atoms with Crippen molar-refractivity contribution < 1.29 is 18.4 Å². The van der Waals surface area contributed by atoms with Gasteiger partial charge in [0.15, 0.2) is 0 Å². The van der Waals surface area contributed by atoms with Crippen molar-refractivity contribution in [2.45, 2.75) is 25.7 Å². The number of aromatic nitrogens is 1. The van der Waals surface area contributed by atoms with E-state index < -0.39 is 20.5 Å². The van der Waals surface area contributed by atoms with Crippen LogP contribution >= 0.6 is 0 Å². The molecule has 0 aliphatic carbocycles. The molecule has 1 heterocycles. The first kappa shape index (κ1) is 27.5. The van der Waals surface area contributed by atoms with Crippen LogP contribution in [-0.2, 0) is 10.0 Å². The first-order valence-electron chi connectivity index (χ1n) is 12.1. The number of nitrogens with zero attached hydrogens (tertiary/aromatic N) is 4. The van der Waals surface area contributed by atoms with E-state index in [9.17, 15) is 28.4 Å². The van der Waals surface area contributed by atoms with Crippen LogP contribution in [0.3, 0.4) is 0 Å². The summed E-state index contributed by atoms with van der Waals surface area (Å²) in [6, 6.07) is 17.2. The van der Waals surface area contributed by atoms with Crippen LogP contribution in [-0.4, -0.2) is 46.6 Å². The van der Waals surface area contributed by atoms with Gasteiger partial charge in [-0.2, -0.15) is 9.41 Å². The average Bonchev–Trinajstić information content (AvgIpc) is 2.92. The lowest BCUT2D eigenvalue weighted by Gasteiger charge is -2.20. The third-order valence-electron chi connectivity index (χ3n) is 6.27. The molecule has 0 spiro atoms. The van der Waals surface area contributed by atoms with E-state index in [2.05, 4.69) is 10.5 Å². The van der Waals surface area contributed by atoms with Gasteiger partial charge in [-0.05, 0) is 31.2 Å². The molecule has 11 nitrogen and oxygen atoms in total. The number of hydrogen-bond donors (Lipinski definition) is 2. The Morgan fingerprint density at radius 1 is 1.05 bits per heavy atom. The second-order valence-corrected chi connectivity index (χ2v) is 10.6. The third-order valence-corrected chi connectivity index (χ3v) is 8.36. The van der Waals surface area contributed by atoms with Crippen LogP contribution in [0.25, 0.3) is 16.5 Å². The maximum atomic E-state index is 13.3. The van der Waals surface area contributed by atoms with Gasteiger partial charge in [0.2, 0.25) is 15.9 Å². The molecule has 202 valence electrons. The Kier molecular flexibility index (Phi) is 7.79. The topological polar surface area (TPSA) is 147 Å². The van der Waals surface area contributed by atoms with Crippen molar-refractivity contribution in [2.24, 2.45) is 5.10 Å². The number of rotatable bonds is 9. The normalized spacial score (nSPS) is 11.9. The number of nitro benzene ring substituents is 1. The van der Waals surface area contributed by atoms with Crippen molar-refractivity contribution in [1.82, 2.24) is 8.87 Å². The summed E-state index contributed by atoms with van der Waals surface area (Å²) >= 11 is 0. The number of benzene rings is 3. The van der Waals surface area contributed by atoms with Gasteiger partial charge in [0.05, 0.1) is 28.1 Å². The molecule has 39 heavy (non-hydrogen) atoms. The van der Waals surface area contributed by atoms with Gasteiger partial charge < -0.3 is 5.11 Å². The average molecular weight is 550 g/mol. The van der Waals surface area contributed by atoms with Gasteiger partial charge in [0.1, 0.15) is 4.90 Å². The number of nitro groups is 1. The Bertz CT molecular complexity index is 1740. The van der Waals surface area contributed by atoms with Gasteiger partial charge in [0, 0.05) is 36.0 Å². The van der Waals surface area contributed by atoms with E-state index in [0.29, 0.717) is 16.5 Å². The first-order chi connectivity index (χ1) is 18.6. The number of aromatic hydroxyl groups is 1. The number of non-ortho nitro benzene ring substituents is 1. The van der Waals surface area contributed by atoms with Gasteiger partial charge in [-0.15, -0.1) is 0 Å². The third kappa shape index (κ3) is 5.24. The molecule has 0 bridgehead atoms. The SMILES string of the molecule is CCN(CC)S(=O)(=O)c1cc([N+](=O)[O-])ccc1N/N=C\c1c(O)n(-c2ccc(C)cc2)c(=O)c2ccccc12. The number of pyridine rings is 1. The van der Waals surface area contributed by atoms with Gasteiger partial charge in [-0.1, -0.05) is 49.7 Å². The zero-order valence-electron chi connectivity index (χ0n) is 21.5. The zero-order chi connectivity index (χ0) is 28.3. The molecule has 0 saturated heterocycles. The summed E-state index contributed by atoms with van der Waals surface area (Å²) in [5.74, 6) is -0.354. The van der Waals surface area contributed by atoms with Gasteiger partial charge >= 0.3 is 0 Å². The van der Waals surface area contributed by atoms with Crippen LogP contribution in [0.2, 0.25) is 0 Å². The van der Waals surface area contributed by atoms with E-state index in [1.165, 1.54) is 27.2 Å². The fourth-order valence-electron chi connectivity index (χ4n) is 4.22. The van der Waals surface area contributed by atoms with Crippen LogP contribution in [0.15, 0.2) is 81.5 Å². The number of sulfonamides is 1. The minimum atomic E-state index is -4.08. The summed E-state index contributed by atoms with van der Waals surface area (Å²) in [6.45, 7) is 5.58. The van der Waals surface area contributed by atoms with Gasteiger partial charge in [-0.25, -0.2) is 13.0 Å². The molecule has 3 aromatic carbocycles. The molecule has 0 radical (unpaired) electrons. The smallest absolute Gasteiger partial charge is 0.270 e. The summed E-state index contributed by atoms with van der Waals surface area (Å²) < 4.78 is 28.8. The van der Waals surface area contributed by atoms with Crippen LogP contribution < -0.4 is 11.0 Å². The Balaban J connectivity index is 1.83. The van der Waals surface area contributed by atoms with Crippen molar-refractivity contribution in [1.29, 1.82) is 0 Å². The van der Waals surface area contributed by atoms with Crippen molar-refractivity contribution in [3.05, 3.63) is 98.3 Å². The summed E-state index contributed by atoms with van der Waals surface area (Å²) in [4.78, 5) is 23.6. The molecule has 0 atom stereocenters. The minimum absolute atomic E-state index is 0.0133. The predicted molar refractivity (Wildman–Crippen MR) is 150 cm³/mol. The molecule has 0 amide bonds. The number of nitrogens with one attached hydrogen (secondary N) is 1. The number of anilines is 1. The maximum Gasteiger partial charge on any atom is 0.270 e. The quantitative estimate of drug-likeness (QED) is 0.179. The Hall–Kier alpha value is -4.55. The lowest BCUT2D eigenvalue weighted by atomic mass is 10.1. The molecular weight excluding hydrogens is 522 g/mol. The van der Waals surface area contributed by atoms with E-state index >= 15 is 0 Å². The molecule has 1 aromatic heterocycles. The lowest BCUT2D eigenvalue weighted by Crippen LogP contribution is -2.31. The molecule has 0 aliphatic rings. The molecule has 2 N–H and O–H groups in total. The fraction of sp³-hybridized carbons (Fsp3) is 0.185. The second kappa shape index (κ2) is 11.1. The number of fused-ring (bicyclic) bond motifs is 1. The summed E-state index contributed by atoms with van der Waals surface area (Å²) in [5, 5.41) is 27.5. The summed E-state index contributed by atoms with van der Waals surface area (Å²) in [7, 11) is -4.08. The summed E-state index contributed by atoms with van der Waals surface area (Å²) in [6.07, 6.45) is 1.27. The molecule has 0 saturated carbocycles. The monoisotopic (exact) mass is 549 g/mol. The molecule has 4 aromatic rings. The highest BCUT2D eigenvalue weighted by atomic mass is 32.2. The Morgan fingerprint density at radius 2 is 1.69 bits per heavy atom. The van der Waals surface area contributed by atoms with Crippen molar-refractivity contribution in [3.63, 3.8) is 0 Å². The van der Waals surface area contributed by atoms with Crippen molar-refractivity contribution in [3.8, 4) is 11.6 Å². The van der Waals surface area contributed by atoms with Crippen LogP contribution in [0.1, 0.15) is 25.0 Å². The standard InChI is InChI=1S/C27H27N5O6S/c1-4-30(5-2)39(37,38)25-16-20(32(35)36)14-15-24(25)29-28-17-23-21-8-6-7-9-22(21)26(33)31(27(23)34)19-12-10-18(3)11-13-19/h6-17,29,34H,4-5H2,1-3H3/b28-17-. The molecule has 12 heteroatoms. The van der Waals surface area contributed by atoms with E-state index in [1.807, 2.05) is 19.1 Å². The Morgan fingerprint density at radius 3 is 2.31 bits per heavy atom. The van der Waals surface area contributed by atoms with Crippen molar-refractivity contribution in [2.75, 3.05) is 18.5 Å². The highest BCUT2D eigenvalue weighted by molar-refractivity contribution is 7.89. The van der Waals surface area contributed by atoms with E-state index in [4.69, 9.17) is 0 Å².